The van der Waals surface area contributed by atoms with E-state index >= 15 is 0 Å². The summed E-state index contributed by atoms with van der Waals surface area (Å²) in [5.74, 6) is -2.57. The molecule has 12 atom stereocenters. The van der Waals surface area contributed by atoms with Gasteiger partial charge in [-0.05, 0) is 51.0 Å². The van der Waals surface area contributed by atoms with Crippen molar-refractivity contribution >= 4 is 35.1 Å². The van der Waals surface area contributed by atoms with E-state index in [1.54, 1.807) is 6.08 Å². The molecule has 7 fully saturated rings. The van der Waals surface area contributed by atoms with Gasteiger partial charge in [-0.1, -0.05) is 122 Å². The van der Waals surface area contributed by atoms with Gasteiger partial charge in [-0.3, -0.25) is 19.2 Å². The number of allylic oxidation sites excluding steroid dienone is 2. The quantitative estimate of drug-likeness (QED) is 0.0287. The molecule has 7 saturated heterocycles. The Labute approximate surface area is 416 Å². The molecular weight excluding hydrogens is 897 g/mol. The number of carbonyl (C=O) groups is 6. The molecule has 12 unspecified atom stereocenters. The number of fused-ring (bicyclic) bond motifs is 4. The minimum atomic E-state index is -1.09. The maximum atomic E-state index is 12.5. The molecule has 70 heavy (non-hydrogen) atoms. The Morgan fingerprint density at radius 3 is 1.70 bits per heavy atom. The fourth-order valence-corrected chi connectivity index (χ4v) is 11.5. The summed E-state index contributed by atoms with van der Waals surface area (Å²) in [6.45, 7) is 4.36. The maximum absolute atomic E-state index is 12.5. The van der Waals surface area contributed by atoms with Gasteiger partial charge in [-0.15, -0.1) is 0 Å². The number of unbranched alkanes of at least 4 members (excludes halogenated alkanes) is 17. The Balaban J connectivity index is 0.000000206. The number of esters is 2. The van der Waals surface area contributed by atoms with Gasteiger partial charge in [0.05, 0.1) is 37.3 Å². The van der Waals surface area contributed by atoms with Gasteiger partial charge in [0.15, 0.2) is 17.7 Å². The van der Waals surface area contributed by atoms with Crippen molar-refractivity contribution in [3.05, 3.63) is 24.3 Å². The summed E-state index contributed by atoms with van der Waals surface area (Å²) in [5, 5.41) is 0. The molecule has 0 radical (unpaired) electrons. The first-order chi connectivity index (χ1) is 34.0. The first-order valence-corrected chi connectivity index (χ1v) is 27.8. The zero-order valence-electron chi connectivity index (χ0n) is 42.4. The molecule has 8 aliphatic rings. The van der Waals surface area contributed by atoms with Crippen molar-refractivity contribution in [1.29, 1.82) is 0 Å². The molecule has 392 valence electrons. The highest BCUT2D eigenvalue weighted by Crippen LogP contribution is 2.49. The molecule has 0 aromatic heterocycles. The minimum Gasteiger partial charge on any atom is -0.457 e. The Morgan fingerprint density at radius 1 is 0.586 bits per heavy atom. The largest absolute Gasteiger partial charge is 0.457 e. The lowest BCUT2D eigenvalue weighted by molar-refractivity contribution is -0.263. The van der Waals surface area contributed by atoms with E-state index in [1.807, 2.05) is 0 Å². The van der Waals surface area contributed by atoms with Crippen molar-refractivity contribution in [2.45, 2.75) is 292 Å². The van der Waals surface area contributed by atoms with E-state index in [4.69, 9.17) is 37.9 Å². The number of Topliss-reactive ketones (excluding diaryl/α,β-unsaturated/α-hetero) is 4. The lowest BCUT2D eigenvalue weighted by Gasteiger charge is -2.37. The average molecular weight is 981 g/mol. The van der Waals surface area contributed by atoms with Gasteiger partial charge in [0.1, 0.15) is 53.7 Å². The Hall–Kier alpha value is -3.14. The second-order valence-electron chi connectivity index (χ2n) is 21.5. The van der Waals surface area contributed by atoms with Crippen molar-refractivity contribution in [2.75, 3.05) is 0 Å². The second kappa shape index (κ2) is 27.2. The summed E-state index contributed by atoms with van der Waals surface area (Å²) in [6, 6.07) is 0. The molecule has 14 heteroatoms. The van der Waals surface area contributed by atoms with Gasteiger partial charge in [0, 0.05) is 57.4 Å². The summed E-state index contributed by atoms with van der Waals surface area (Å²) in [7, 11) is 0. The Kier molecular flexibility index (Phi) is 21.3. The molecule has 8 rings (SSSR count). The first-order valence-electron chi connectivity index (χ1n) is 27.8. The van der Waals surface area contributed by atoms with Crippen LogP contribution in [0.3, 0.4) is 0 Å². The number of ether oxygens (including phenoxy) is 8. The van der Waals surface area contributed by atoms with Crippen LogP contribution in [0.5, 0.6) is 0 Å². The number of carbonyl (C=O) groups excluding carboxylic acids is 6. The molecule has 14 nitrogen and oxygen atoms in total. The Morgan fingerprint density at radius 2 is 1.13 bits per heavy atom. The Bertz CT molecular complexity index is 1810. The van der Waals surface area contributed by atoms with Gasteiger partial charge < -0.3 is 37.9 Å². The highest BCUT2D eigenvalue weighted by Gasteiger charge is 2.66. The van der Waals surface area contributed by atoms with E-state index in [9.17, 15) is 28.8 Å². The predicted octanol–water partition coefficient (Wildman–Crippen LogP) is 10.3. The van der Waals surface area contributed by atoms with E-state index in [-0.39, 0.29) is 85.9 Å². The molecule has 2 spiro atoms. The van der Waals surface area contributed by atoms with Crippen LogP contribution in [0.4, 0.5) is 0 Å². The molecule has 0 aliphatic carbocycles. The van der Waals surface area contributed by atoms with Crippen molar-refractivity contribution in [2.24, 2.45) is 0 Å². The zero-order valence-corrected chi connectivity index (χ0v) is 42.4. The smallest absolute Gasteiger partial charge is 0.338 e. The van der Waals surface area contributed by atoms with Crippen LogP contribution < -0.4 is 0 Å². The van der Waals surface area contributed by atoms with E-state index in [2.05, 4.69) is 26.0 Å². The van der Waals surface area contributed by atoms with Gasteiger partial charge in [0.25, 0.3) is 0 Å². The fraction of sp³-hybridized carbons (Fsp3) is 0.821. The number of ketones is 4. The van der Waals surface area contributed by atoms with Crippen molar-refractivity contribution in [3.63, 3.8) is 0 Å². The second-order valence-corrected chi connectivity index (χ2v) is 21.5. The van der Waals surface area contributed by atoms with E-state index in [0.717, 1.165) is 38.5 Å². The summed E-state index contributed by atoms with van der Waals surface area (Å²) in [4.78, 5) is 73.2. The lowest BCUT2D eigenvalue weighted by atomic mass is 9.93. The van der Waals surface area contributed by atoms with Gasteiger partial charge in [-0.2, -0.15) is 0 Å². The number of rotatable bonds is 30. The van der Waals surface area contributed by atoms with Gasteiger partial charge in [0.2, 0.25) is 0 Å². The van der Waals surface area contributed by atoms with Crippen LogP contribution in [0.15, 0.2) is 24.3 Å². The highest BCUT2D eigenvalue weighted by molar-refractivity contribution is 5.85. The predicted molar refractivity (Wildman–Crippen MR) is 259 cm³/mol. The standard InChI is InChI=1S/2C28H42O7/c1-2-23-24(32-23)13-11-9-7-5-3-4-6-8-10-12-20(29)16-22-17-21(30)18-28(34-22)19-26-25(35-28)14-15-27(31)33-26;1-2-3-4-5-6-7-8-9-10-11-12-13-14-15-20(29)16-22-17-21(30)18-28(34-22)19-23-24(35-28)25-26(33-25)27(31)32-23/h14-15,22-26H,2-13,16-19H2,1H3;3-4,22-26H,2,5-19H2,1H3/b;4-3+. The maximum Gasteiger partial charge on any atom is 0.338 e. The molecule has 0 aromatic carbocycles. The summed E-state index contributed by atoms with van der Waals surface area (Å²) < 4.78 is 46.1. The SMILES string of the molecule is CC/C=C/CCCCCCCCCCCC(=O)CC1CC(=O)CC2(CC3OC(=O)C4OC4C3O2)O1.CCC1OC1CCCCCCCCCCCC(=O)CC1CC(=O)CC2(CC3OC(=O)C=CC3O2)O1. The van der Waals surface area contributed by atoms with Crippen LogP contribution in [0.25, 0.3) is 0 Å². The van der Waals surface area contributed by atoms with Crippen LogP contribution in [-0.2, 0) is 66.7 Å². The molecule has 0 N–H and O–H groups in total. The van der Waals surface area contributed by atoms with Crippen LogP contribution >= 0.6 is 0 Å². The molecule has 0 saturated carbocycles. The van der Waals surface area contributed by atoms with E-state index in [1.165, 1.54) is 109 Å². The van der Waals surface area contributed by atoms with Gasteiger partial charge >= 0.3 is 11.9 Å². The summed E-state index contributed by atoms with van der Waals surface area (Å²) in [6.07, 6.45) is 34.7. The van der Waals surface area contributed by atoms with Crippen LogP contribution in [-0.4, -0.2) is 108 Å². The zero-order chi connectivity index (χ0) is 49.4. The lowest BCUT2D eigenvalue weighted by Crippen LogP contribution is -2.45. The first kappa shape index (κ1) is 54.6. The third-order valence-corrected chi connectivity index (χ3v) is 15.3. The van der Waals surface area contributed by atoms with Gasteiger partial charge in [-0.25, -0.2) is 9.59 Å². The number of hydrogen-bond acceptors (Lipinski definition) is 14. The monoisotopic (exact) mass is 981 g/mol. The van der Waals surface area contributed by atoms with E-state index in [0.29, 0.717) is 37.9 Å². The third kappa shape index (κ3) is 17.0. The normalized spacial score (nSPS) is 33.7. The third-order valence-electron chi connectivity index (χ3n) is 15.3. The molecule has 0 aromatic rings. The van der Waals surface area contributed by atoms with Crippen molar-refractivity contribution in [3.8, 4) is 0 Å². The number of epoxide rings is 2. The number of hydrogen-bond donors (Lipinski definition) is 0. The van der Waals surface area contributed by atoms with Crippen LogP contribution in [0.1, 0.15) is 219 Å². The van der Waals surface area contributed by atoms with Crippen LogP contribution in [0.2, 0.25) is 0 Å². The highest BCUT2D eigenvalue weighted by atomic mass is 16.8. The molecule has 8 heterocycles. The fourth-order valence-electron chi connectivity index (χ4n) is 11.5. The molecule has 8 aliphatic heterocycles. The summed E-state index contributed by atoms with van der Waals surface area (Å²) in [5.41, 5.74) is 0. The molecule has 0 bridgehead atoms. The summed E-state index contributed by atoms with van der Waals surface area (Å²) >= 11 is 0. The van der Waals surface area contributed by atoms with Crippen molar-refractivity contribution in [1.82, 2.24) is 0 Å². The topological polar surface area (TPSA) is 183 Å². The minimum absolute atomic E-state index is 0.0321. The molecular formula is C56H84O14. The van der Waals surface area contributed by atoms with E-state index < -0.39 is 48.1 Å². The average Bonchev–Trinajstić information content (AvgIpc) is 4.22. The van der Waals surface area contributed by atoms with Crippen molar-refractivity contribution < 1.29 is 66.7 Å². The van der Waals surface area contributed by atoms with Crippen LogP contribution in [0, 0.1) is 0 Å². The molecule has 0 amide bonds.